The molecule has 0 fully saturated rings. The second kappa shape index (κ2) is 6.02. The van der Waals surface area contributed by atoms with Gasteiger partial charge in [-0.2, -0.15) is 4.79 Å². The van der Waals surface area contributed by atoms with E-state index in [1.54, 1.807) is 0 Å². The Morgan fingerprint density at radius 2 is 1.62 bits per heavy atom. The summed E-state index contributed by atoms with van der Waals surface area (Å²) in [5.41, 5.74) is 13.5. The van der Waals surface area contributed by atoms with Crippen molar-refractivity contribution in [1.29, 1.82) is 0 Å². The average molecular weight is 369 g/mol. The lowest BCUT2D eigenvalue weighted by molar-refractivity contribution is -0.113. The number of benzene rings is 1. The highest BCUT2D eigenvalue weighted by Crippen LogP contribution is 2.17. The summed E-state index contributed by atoms with van der Waals surface area (Å²) in [5.74, 6) is -1.24. The fourth-order valence-corrected chi connectivity index (χ4v) is 3.49. The topological polar surface area (TPSA) is 186 Å². The standard InChI is InChI=1S/C12H11N5O5S2/c13-7-1-3-8(4-2-7)24(21,22)17-9-5-6-10(23(15,19)20)12(18)11(9)16-14/h1-6,17H,13H2,(H2,15,19,20). The molecule has 10 nitrogen and oxygen atoms in total. The SMILES string of the molecule is [N-]=[N+]=C1C(=O)C(S(N)(=O)=O)=CC=C1NS(=O)(=O)c1ccc(N)cc1. The molecule has 1 aliphatic rings. The third-order valence-electron chi connectivity index (χ3n) is 2.94. The highest BCUT2D eigenvalue weighted by Gasteiger charge is 2.38. The predicted molar refractivity (Wildman–Crippen MR) is 84.1 cm³/mol. The number of carbonyl (C=O) groups excluding carboxylic acids is 1. The number of allylic oxidation sites excluding steroid dienone is 4. The quantitative estimate of drug-likeness (QED) is 0.260. The summed E-state index contributed by atoms with van der Waals surface area (Å²) >= 11 is 0. The minimum atomic E-state index is -4.36. The van der Waals surface area contributed by atoms with Crippen molar-refractivity contribution in [3.8, 4) is 0 Å². The molecule has 24 heavy (non-hydrogen) atoms. The minimum absolute atomic E-state index is 0.163. The number of Topliss-reactive ketones (excluding diaryl/α,β-unsaturated/α-hetero) is 1. The number of nitrogens with zero attached hydrogens (tertiary/aromatic N) is 2. The van der Waals surface area contributed by atoms with Crippen LogP contribution in [0.5, 0.6) is 0 Å². The van der Waals surface area contributed by atoms with Gasteiger partial charge in [-0.1, -0.05) is 0 Å². The highest BCUT2D eigenvalue weighted by molar-refractivity contribution is 7.94. The number of hydrogen-bond acceptors (Lipinski definition) is 6. The van der Waals surface area contributed by atoms with Crippen molar-refractivity contribution in [3.05, 3.63) is 52.6 Å². The van der Waals surface area contributed by atoms with E-state index in [0.717, 1.165) is 12.2 Å². The molecular formula is C12H11N5O5S2. The smallest absolute Gasteiger partial charge is 0.387 e. The van der Waals surface area contributed by atoms with Gasteiger partial charge < -0.3 is 11.3 Å². The molecule has 0 unspecified atom stereocenters. The summed E-state index contributed by atoms with van der Waals surface area (Å²) in [6.45, 7) is 0. The zero-order chi connectivity index (χ0) is 18.1. The first-order valence-electron chi connectivity index (χ1n) is 6.16. The molecule has 0 saturated carbocycles. The fraction of sp³-hybridized carbons (Fsp3) is 0. The van der Waals surface area contributed by atoms with Crippen LogP contribution < -0.4 is 15.6 Å². The van der Waals surface area contributed by atoms with Gasteiger partial charge in [0, 0.05) is 5.69 Å². The monoisotopic (exact) mass is 369 g/mol. The zero-order valence-electron chi connectivity index (χ0n) is 11.9. The summed E-state index contributed by atoms with van der Waals surface area (Å²) in [7, 11) is -8.48. The largest absolute Gasteiger partial charge is 0.399 e. The van der Waals surface area contributed by atoms with Gasteiger partial charge in [0.15, 0.2) is 0 Å². The first-order chi connectivity index (χ1) is 11.1. The van der Waals surface area contributed by atoms with Crippen molar-refractivity contribution in [2.24, 2.45) is 5.14 Å². The van der Waals surface area contributed by atoms with Crippen molar-refractivity contribution >= 4 is 37.2 Å². The molecule has 1 aromatic rings. The van der Waals surface area contributed by atoms with Crippen LogP contribution in [0.1, 0.15) is 0 Å². The van der Waals surface area contributed by atoms with Gasteiger partial charge in [0.05, 0.1) is 4.90 Å². The maximum atomic E-state index is 12.3. The van der Waals surface area contributed by atoms with E-state index in [1.165, 1.54) is 24.3 Å². The van der Waals surface area contributed by atoms with Crippen LogP contribution in [0.4, 0.5) is 5.69 Å². The minimum Gasteiger partial charge on any atom is -0.399 e. The molecule has 5 N–H and O–H groups in total. The Morgan fingerprint density at radius 1 is 1.04 bits per heavy atom. The lowest BCUT2D eigenvalue weighted by atomic mass is 10.1. The summed E-state index contributed by atoms with van der Waals surface area (Å²) in [4.78, 5) is 13.6. The number of ketones is 1. The number of primary sulfonamides is 1. The number of nitrogens with one attached hydrogen (secondary N) is 1. The van der Waals surface area contributed by atoms with E-state index in [1.807, 2.05) is 4.72 Å². The van der Waals surface area contributed by atoms with Crippen molar-refractivity contribution in [3.63, 3.8) is 0 Å². The van der Waals surface area contributed by atoms with E-state index in [-0.39, 0.29) is 4.90 Å². The van der Waals surface area contributed by atoms with Gasteiger partial charge >= 0.3 is 5.71 Å². The van der Waals surface area contributed by atoms with E-state index in [2.05, 4.69) is 4.79 Å². The number of hydrogen-bond donors (Lipinski definition) is 3. The Hall–Kier alpha value is -2.79. The van der Waals surface area contributed by atoms with Gasteiger partial charge in [0.1, 0.15) is 10.6 Å². The van der Waals surface area contributed by atoms with Crippen LogP contribution in [-0.4, -0.2) is 33.1 Å². The van der Waals surface area contributed by atoms with Crippen molar-refractivity contribution < 1.29 is 26.4 Å². The zero-order valence-corrected chi connectivity index (χ0v) is 13.5. The molecule has 2 rings (SSSR count). The Balaban J connectivity index is 2.47. The van der Waals surface area contributed by atoms with Crippen LogP contribution in [0, 0.1) is 0 Å². The van der Waals surface area contributed by atoms with E-state index in [4.69, 9.17) is 16.4 Å². The van der Waals surface area contributed by atoms with Gasteiger partial charge in [0.2, 0.25) is 10.0 Å². The molecule has 0 amide bonds. The Labute approximate surface area is 137 Å². The second-order valence-electron chi connectivity index (χ2n) is 4.61. The van der Waals surface area contributed by atoms with E-state index >= 15 is 0 Å². The number of carbonyl (C=O) groups is 1. The summed E-state index contributed by atoms with van der Waals surface area (Å²) < 4.78 is 49.1. The summed E-state index contributed by atoms with van der Waals surface area (Å²) in [6, 6.07) is 5.17. The summed E-state index contributed by atoms with van der Waals surface area (Å²) in [5, 5.41) is 4.86. The molecule has 0 bridgehead atoms. The maximum absolute atomic E-state index is 12.3. The molecule has 0 spiro atoms. The van der Waals surface area contributed by atoms with Crippen molar-refractivity contribution in [1.82, 2.24) is 4.72 Å². The van der Waals surface area contributed by atoms with Gasteiger partial charge in [-0.05, 0) is 36.4 Å². The first-order valence-corrected chi connectivity index (χ1v) is 9.19. The Morgan fingerprint density at radius 3 is 2.12 bits per heavy atom. The normalized spacial score (nSPS) is 15.4. The van der Waals surface area contributed by atoms with Crippen LogP contribution in [0.15, 0.2) is 51.9 Å². The Kier molecular flexibility index (Phi) is 4.40. The van der Waals surface area contributed by atoms with E-state index in [9.17, 15) is 21.6 Å². The number of nitrogen functional groups attached to an aromatic ring is 1. The molecular weight excluding hydrogens is 358 g/mol. The lowest BCUT2D eigenvalue weighted by Crippen LogP contribution is -2.36. The van der Waals surface area contributed by atoms with Crippen LogP contribution in [0.3, 0.4) is 0 Å². The number of sulfonamides is 2. The fourth-order valence-electron chi connectivity index (χ4n) is 1.81. The van der Waals surface area contributed by atoms with Crippen LogP contribution in [0.2, 0.25) is 0 Å². The third-order valence-corrected chi connectivity index (χ3v) is 5.25. The first kappa shape index (κ1) is 17.6. The number of anilines is 1. The third kappa shape index (κ3) is 3.41. The maximum Gasteiger partial charge on any atom is 0.387 e. The molecule has 126 valence electrons. The van der Waals surface area contributed by atoms with Gasteiger partial charge in [0.25, 0.3) is 15.8 Å². The average Bonchev–Trinajstić information content (AvgIpc) is 2.46. The second-order valence-corrected chi connectivity index (χ2v) is 7.82. The van der Waals surface area contributed by atoms with Crippen LogP contribution in [0.25, 0.3) is 5.53 Å². The molecule has 1 aliphatic carbocycles. The predicted octanol–water partition coefficient (Wildman–Crippen LogP) is -1.14. The Bertz CT molecular complexity index is 1030. The summed E-state index contributed by atoms with van der Waals surface area (Å²) in [6.07, 6.45) is 1.76. The van der Waals surface area contributed by atoms with E-state index < -0.39 is 42.1 Å². The van der Waals surface area contributed by atoms with Crippen LogP contribution >= 0.6 is 0 Å². The number of rotatable bonds is 4. The molecule has 0 saturated heterocycles. The van der Waals surface area contributed by atoms with E-state index in [0.29, 0.717) is 5.69 Å². The van der Waals surface area contributed by atoms with Crippen molar-refractivity contribution in [2.45, 2.75) is 4.90 Å². The molecule has 12 heteroatoms. The van der Waals surface area contributed by atoms with Crippen molar-refractivity contribution in [2.75, 3.05) is 5.73 Å². The molecule has 1 aromatic carbocycles. The lowest BCUT2D eigenvalue weighted by Gasteiger charge is -2.11. The number of nitrogens with two attached hydrogens (primary N) is 2. The van der Waals surface area contributed by atoms with Gasteiger partial charge in [-0.15, -0.1) is 0 Å². The molecule has 0 aromatic heterocycles. The van der Waals surface area contributed by atoms with Gasteiger partial charge in [-0.25, -0.2) is 22.0 Å². The van der Waals surface area contributed by atoms with Crippen LogP contribution in [-0.2, 0) is 24.8 Å². The molecule has 0 radical (unpaired) electrons. The highest BCUT2D eigenvalue weighted by atomic mass is 32.2. The van der Waals surface area contributed by atoms with Gasteiger partial charge in [-0.3, -0.25) is 9.52 Å². The molecule has 0 atom stereocenters. The molecule has 0 aliphatic heterocycles. The molecule has 0 heterocycles.